The van der Waals surface area contributed by atoms with Crippen molar-refractivity contribution in [3.8, 4) is 10.7 Å². The maximum absolute atomic E-state index is 12.9. The number of likely N-dealkylation sites (tertiary alicyclic amines) is 1. The Kier molecular flexibility index (Phi) is 4.09. The van der Waals surface area contributed by atoms with Crippen LogP contribution in [0.15, 0.2) is 63.2 Å². The van der Waals surface area contributed by atoms with Crippen molar-refractivity contribution in [2.75, 3.05) is 13.1 Å². The number of rotatable bonds is 3. The highest BCUT2D eigenvalue weighted by molar-refractivity contribution is 7.13. The van der Waals surface area contributed by atoms with Gasteiger partial charge in [0.25, 0.3) is 5.91 Å². The first-order valence-corrected chi connectivity index (χ1v) is 9.98. The molecular formula is C21H17N3O3S. The smallest absolute Gasteiger partial charge is 0.338 e. The molecule has 1 N–H and O–H groups in total. The third kappa shape index (κ3) is 3.03. The number of aromatic amines is 1. The van der Waals surface area contributed by atoms with Crippen molar-refractivity contribution in [1.29, 1.82) is 0 Å². The molecule has 2 aromatic carbocycles. The predicted molar refractivity (Wildman–Crippen MR) is 108 cm³/mol. The summed E-state index contributed by atoms with van der Waals surface area (Å²) >= 11 is 1.36. The number of aromatic nitrogens is 2. The number of hydrogen-bond acceptors (Lipinski definition) is 5. The van der Waals surface area contributed by atoms with E-state index in [0.29, 0.717) is 28.7 Å². The van der Waals surface area contributed by atoms with E-state index in [-0.39, 0.29) is 5.91 Å². The van der Waals surface area contributed by atoms with Gasteiger partial charge in [-0.05, 0) is 28.8 Å². The van der Waals surface area contributed by atoms with Crippen molar-refractivity contribution in [3.05, 3.63) is 75.6 Å². The van der Waals surface area contributed by atoms with Crippen molar-refractivity contribution in [2.24, 2.45) is 0 Å². The largest absolute Gasteiger partial charge is 0.439 e. The topological polar surface area (TPSA) is 79.2 Å². The fourth-order valence-corrected chi connectivity index (χ4v) is 4.59. The molecule has 0 radical (unpaired) electrons. The second kappa shape index (κ2) is 6.76. The molecule has 1 aliphatic heterocycles. The first kappa shape index (κ1) is 16.9. The standard InChI is InChI=1S/C21H17N3O3S/c25-20(17-10-18(28-12-17)19-22-21(26)27-23-19)24-8-7-16(11-24)15-6-5-13-3-1-2-4-14(13)9-15/h1-6,9-10,12,16H,7-8,11H2,(H,22,23,26). The van der Waals surface area contributed by atoms with Crippen molar-refractivity contribution in [1.82, 2.24) is 15.0 Å². The minimum absolute atomic E-state index is 0.0108. The number of carbonyl (C=O) groups excluding carboxylic acids is 1. The molecule has 0 spiro atoms. The fraction of sp³-hybridized carbons (Fsp3) is 0.190. The quantitative estimate of drug-likeness (QED) is 0.575. The Morgan fingerprint density at radius 2 is 2.04 bits per heavy atom. The molecule has 5 rings (SSSR count). The van der Waals surface area contributed by atoms with E-state index < -0.39 is 5.76 Å². The van der Waals surface area contributed by atoms with Crippen molar-refractivity contribution >= 4 is 28.0 Å². The van der Waals surface area contributed by atoms with Gasteiger partial charge in [-0.3, -0.25) is 14.3 Å². The van der Waals surface area contributed by atoms with E-state index in [9.17, 15) is 9.59 Å². The Labute approximate surface area is 164 Å². The number of thiophene rings is 1. The van der Waals surface area contributed by atoms with Crippen molar-refractivity contribution in [3.63, 3.8) is 0 Å². The Hall–Kier alpha value is -3.19. The molecule has 2 aromatic heterocycles. The number of nitrogens with zero attached hydrogens (tertiary/aromatic N) is 2. The predicted octanol–water partition coefficient (Wildman–Crippen LogP) is 3.87. The van der Waals surface area contributed by atoms with E-state index in [1.54, 1.807) is 11.4 Å². The third-order valence-electron chi connectivity index (χ3n) is 5.24. The molecule has 3 heterocycles. The minimum atomic E-state index is -0.603. The average molecular weight is 391 g/mol. The lowest BCUT2D eigenvalue weighted by molar-refractivity contribution is 0.0791. The lowest BCUT2D eigenvalue weighted by Gasteiger charge is -2.16. The van der Waals surface area contributed by atoms with Gasteiger partial charge in [0.15, 0.2) is 5.82 Å². The fourth-order valence-electron chi connectivity index (χ4n) is 3.77. The normalized spacial score (nSPS) is 16.7. The van der Waals surface area contributed by atoms with Crippen LogP contribution in [0, 0.1) is 0 Å². The highest BCUT2D eigenvalue weighted by Gasteiger charge is 2.28. The number of nitrogens with one attached hydrogen (secondary N) is 1. The van der Waals surface area contributed by atoms with Gasteiger partial charge in [0, 0.05) is 24.4 Å². The lowest BCUT2D eigenvalue weighted by atomic mass is 9.96. The second-order valence-electron chi connectivity index (χ2n) is 6.99. The van der Waals surface area contributed by atoms with Crippen LogP contribution in [0.1, 0.15) is 28.3 Å². The molecule has 140 valence electrons. The van der Waals surface area contributed by atoms with E-state index in [1.807, 2.05) is 17.0 Å². The molecule has 0 saturated carbocycles. The van der Waals surface area contributed by atoms with Crippen LogP contribution in [-0.2, 0) is 0 Å². The zero-order valence-electron chi connectivity index (χ0n) is 14.9. The van der Waals surface area contributed by atoms with Crippen LogP contribution in [0.2, 0.25) is 0 Å². The molecule has 4 aromatic rings. The van der Waals surface area contributed by atoms with E-state index in [2.05, 4.69) is 45.0 Å². The van der Waals surface area contributed by atoms with Gasteiger partial charge in [-0.15, -0.1) is 11.3 Å². The van der Waals surface area contributed by atoms with Crippen molar-refractivity contribution < 1.29 is 9.32 Å². The molecule has 1 amide bonds. The van der Waals surface area contributed by atoms with Crippen LogP contribution < -0.4 is 5.76 Å². The Morgan fingerprint density at radius 3 is 2.86 bits per heavy atom. The van der Waals surface area contributed by atoms with Gasteiger partial charge in [0.2, 0.25) is 0 Å². The molecular weight excluding hydrogens is 374 g/mol. The van der Waals surface area contributed by atoms with E-state index >= 15 is 0 Å². The number of carbonyl (C=O) groups is 1. The molecule has 7 heteroatoms. The number of H-pyrrole nitrogens is 1. The molecule has 0 bridgehead atoms. The first-order valence-electron chi connectivity index (χ1n) is 9.10. The molecule has 0 aliphatic carbocycles. The van der Waals surface area contributed by atoms with E-state index in [0.717, 1.165) is 13.0 Å². The Morgan fingerprint density at radius 1 is 1.18 bits per heavy atom. The highest BCUT2D eigenvalue weighted by atomic mass is 32.1. The molecule has 28 heavy (non-hydrogen) atoms. The maximum atomic E-state index is 12.9. The number of benzene rings is 2. The van der Waals surface area contributed by atoms with Crippen LogP contribution in [0.25, 0.3) is 21.5 Å². The molecule has 1 unspecified atom stereocenters. The second-order valence-corrected chi connectivity index (χ2v) is 7.90. The Bertz CT molecular complexity index is 1220. The summed E-state index contributed by atoms with van der Waals surface area (Å²) in [5, 5.41) is 7.94. The van der Waals surface area contributed by atoms with Gasteiger partial charge in [-0.1, -0.05) is 47.6 Å². The summed E-state index contributed by atoms with van der Waals surface area (Å²) < 4.78 is 4.53. The number of hydrogen-bond donors (Lipinski definition) is 1. The zero-order chi connectivity index (χ0) is 19.1. The minimum Gasteiger partial charge on any atom is -0.338 e. The van der Waals surface area contributed by atoms with Gasteiger partial charge in [0.05, 0.1) is 10.4 Å². The lowest BCUT2D eigenvalue weighted by Crippen LogP contribution is -2.28. The summed E-state index contributed by atoms with van der Waals surface area (Å²) in [4.78, 5) is 29.1. The summed E-state index contributed by atoms with van der Waals surface area (Å²) in [6, 6.07) is 16.6. The first-order chi connectivity index (χ1) is 13.7. The monoisotopic (exact) mass is 391 g/mol. The number of amides is 1. The number of fused-ring (bicyclic) bond motifs is 1. The maximum Gasteiger partial charge on any atom is 0.439 e. The molecule has 1 saturated heterocycles. The van der Waals surface area contributed by atoms with Gasteiger partial charge >= 0.3 is 5.76 Å². The van der Waals surface area contributed by atoms with Gasteiger partial charge < -0.3 is 4.90 Å². The molecule has 1 aliphatic rings. The summed E-state index contributed by atoms with van der Waals surface area (Å²) in [6.07, 6.45) is 0.956. The van der Waals surface area contributed by atoms with Crippen LogP contribution in [0.3, 0.4) is 0 Å². The van der Waals surface area contributed by atoms with Crippen LogP contribution in [-0.4, -0.2) is 34.0 Å². The summed E-state index contributed by atoms with van der Waals surface area (Å²) in [5.74, 6) is 0.105. The summed E-state index contributed by atoms with van der Waals surface area (Å²) in [6.45, 7) is 1.45. The molecule has 6 nitrogen and oxygen atoms in total. The highest BCUT2D eigenvalue weighted by Crippen LogP contribution is 2.31. The van der Waals surface area contributed by atoms with Crippen LogP contribution in [0.4, 0.5) is 0 Å². The summed E-state index contributed by atoms with van der Waals surface area (Å²) in [7, 11) is 0. The SMILES string of the molecule is O=C(c1csc(-c2noc(=O)[nH]2)c1)N1CCC(c2ccc3ccccc3c2)C1. The van der Waals surface area contributed by atoms with Gasteiger partial charge in [-0.25, -0.2) is 4.79 Å². The third-order valence-corrected chi connectivity index (χ3v) is 6.18. The van der Waals surface area contributed by atoms with E-state index in [4.69, 9.17) is 0 Å². The molecule has 1 atom stereocenters. The van der Waals surface area contributed by atoms with E-state index in [1.165, 1.54) is 27.7 Å². The molecule has 1 fully saturated rings. The van der Waals surface area contributed by atoms with Crippen molar-refractivity contribution in [2.45, 2.75) is 12.3 Å². The summed E-state index contributed by atoms with van der Waals surface area (Å²) in [5.41, 5.74) is 1.89. The Balaban J connectivity index is 1.33. The van der Waals surface area contributed by atoms with Gasteiger partial charge in [0.1, 0.15) is 0 Å². The average Bonchev–Trinajstić information content (AvgIpc) is 3.47. The van der Waals surface area contributed by atoms with Crippen LogP contribution in [0.5, 0.6) is 0 Å². The zero-order valence-corrected chi connectivity index (χ0v) is 15.7. The van der Waals surface area contributed by atoms with Gasteiger partial charge in [-0.2, -0.15) is 0 Å². The van der Waals surface area contributed by atoms with Crippen LogP contribution >= 0.6 is 11.3 Å².